The number of carboxylic acids is 1. The van der Waals surface area contributed by atoms with Crippen LogP contribution in [0.15, 0.2) is 24.5 Å². The summed E-state index contributed by atoms with van der Waals surface area (Å²) in [4.78, 5) is 27.8. The van der Waals surface area contributed by atoms with Crippen molar-refractivity contribution in [1.82, 2.24) is 9.88 Å². The third kappa shape index (κ3) is 4.22. The van der Waals surface area contributed by atoms with E-state index >= 15 is 0 Å². The first-order chi connectivity index (χ1) is 8.00. The van der Waals surface area contributed by atoms with Crippen LogP contribution in [0.2, 0.25) is 0 Å². The van der Waals surface area contributed by atoms with Gasteiger partial charge in [-0.25, -0.2) is 0 Å². The fourth-order valence-corrected chi connectivity index (χ4v) is 1.40. The fraction of sp³-hybridized carbons (Fsp3) is 0.417. The van der Waals surface area contributed by atoms with Crippen LogP contribution in [0.25, 0.3) is 0 Å². The van der Waals surface area contributed by atoms with Gasteiger partial charge in [-0.15, -0.1) is 0 Å². The standard InChI is InChI=1S/C12H16N2O3/c1-9(12(16)17)8-14(2)11(15)6-10-4-3-5-13-7-10/h3-5,7,9H,6,8H2,1-2H3,(H,16,17). The summed E-state index contributed by atoms with van der Waals surface area (Å²) < 4.78 is 0. The Morgan fingerprint density at radius 3 is 2.76 bits per heavy atom. The van der Waals surface area contributed by atoms with E-state index in [9.17, 15) is 9.59 Å². The molecule has 0 saturated heterocycles. The molecule has 1 aromatic rings. The summed E-state index contributed by atoms with van der Waals surface area (Å²) in [5.41, 5.74) is 0.826. The number of pyridine rings is 1. The molecule has 0 radical (unpaired) electrons. The monoisotopic (exact) mass is 236 g/mol. The van der Waals surface area contributed by atoms with Crippen LogP contribution in [0.5, 0.6) is 0 Å². The Morgan fingerprint density at radius 1 is 1.53 bits per heavy atom. The number of amides is 1. The highest BCUT2D eigenvalue weighted by atomic mass is 16.4. The second kappa shape index (κ2) is 5.98. The molecule has 0 aromatic carbocycles. The molecule has 0 fully saturated rings. The van der Waals surface area contributed by atoms with Crippen molar-refractivity contribution in [3.8, 4) is 0 Å². The van der Waals surface area contributed by atoms with Crippen molar-refractivity contribution in [2.45, 2.75) is 13.3 Å². The van der Waals surface area contributed by atoms with E-state index in [4.69, 9.17) is 5.11 Å². The topological polar surface area (TPSA) is 70.5 Å². The van der Waals surface area contributed by atoms with E-state index in [1.165, 1.54) is 4.90 Å². The first kappa shape index (κ1) is 13.2. The SMILES string of the molecule is CC(CN(C)C(=O)Cc1cccnc1)C(=O)O. The minimum absolute atomic E-state index is 0.105. The molecule has 1 aromatic heterocycles. The molecule has 5 nitrogen and oxygen atoms in total. The maximum absolute atomic E-state index is 11.8. The van der Waals surface area contributed by atoms with Gasteiger partial charge in [0.2, 0.25) is 5.91 Å². The highest BCUT2D eigenvalue weighted by molar-refractivity contribution is 5.79. The normalized spacial score (nSPS) is 11.9. The smallest absolute Gasteiger partial charge is 0.308 e. The van der Waals surface area contributed by atoms with E-state index in [0.29, 0.717) is 0 Å². The highest BCUT2D eigenvalue weighted by Crippen LogP contribution is 2.03. The van der Waals surface area contributed by atoms with Crippen LogP contribution in [0, 0.1) is 5.92 Å². The van der Waals surface area contributed by atoms with Gasteiger partial charge in [0.1, 0.15) is 0 Å². The van der Waals surface area contributed by atoms with Gasteiger partial charge in [0.15, 0.2) is 0 Å². The van der Waals surface area contributed by atoms with Gasteiger partial charge in [-0.05, 0) is 11.6 Å². The van der Waals surface area contributed by atoms with Crippen LogP contribution >= 0.6 is 0 Å². The van der Waals surface area contributed by atoms with Crippen molar-refractivity contribution in [3.63, 3.8) is 0 Å². The molecule has 17 heavy (non-hydrogen) atoms. The Hall–Kier alpha value is -1.91. The van der Waals surface area contributed by atoms with Crippen molar-refractivity contribution < 1.29 is 14.7 Å². The predicted octanol–water partition coefficient (Wildman–Crippen LogP) is 0.803. The van der Waals surface area contributed by atoms with Crippen molar-refractivity contribution in [2.75, 3.05) is 13.6 Å². The van der Waals surface area contributed by atoms with E-state index in [1.54, 1.807) is 32.4 Å². The van der Waals surface area contributed by atoms with Gasteiger partial charge in [-0.1, -0.05) is 13.0 Å². The third-order valence-corrected chi connectivity index (χ3v) is 2.47. The molecule has 0 saturated carbocycles. The van der Waals surface area contributed by atoms with E-state index in [0.717, 1.165) is 5.56 Å². The third-order valence-electron chi connectivity index (χ3n) is 2.47. The first-order valence-corrected chi connectivity index (χ1v) is 5.36. The van der Waals surface area contributed by atoms with Crippen LogP contribution < -0.4 is 0 Å². The molecule has 1 N–H and O–H groups in total. The summed E-state index contributed by atoms with van der Waals surface area (Å²) in [6, 6.07) is 3.59. The van der Waals surface area contributed by atoms with Gasteiger partial charge in [0, 0.05) is 26.0 Å². The molecule has 1 amide bonds. The lowest BCUT2D eigenvalue weighted by Gasteiger charge is -2.19. The van der Waals surface area contributed by atoms with Crippen LogP contribution in [-0.4, -0.2) is 40.5 Å². The van der Waals surface area contributed by atoms with Crippen molar-refractivity contribution >= 4 is 11.9 Å². The Balaban J connectivity index is 2.50. The molecule has 1 unspecified atom stereocenters. The number of carbonyl (C=O) groups is 2. The number of hydrogen-bond donors (Lipinski definition) is 1. The highest BCUT2D eigenvalue weighted by Gasteiger charge is 2.17. The maximum atomic E-state index is 11.8. The van der Waals surface area contributed by atoms with Gasteiger partial charge in [-0.3, -0.25) is 14.6 Å². The molecular formula is C12H16N2O3. The summed E-state index contributed by atoms with van der Waals surface area (Å²) >= 11 is 0. The molecule has 0 aliphatic carbocycles. The van der Waals surface area contributed by atoms with E-state index in [1.807, 2.05) is 6.07 Å². The molecule has 0 aliphatic rings. The zero-order chi connectivity index (χ0) is 12.8. The summed E-state index contributed by atoms with van der Waals surface area (Å²) in [6.07, 6.45) is 3.52. The minimum atomic E-state index is -0.897. The quantitative estimate of drug-likeness (QED) is 0.821. The molecule has 1 atom stereocenters. The van der Waals surface area contributed by atoms with Crippen molar-refractivity contribution in [1.29, 1.82) is 0 Å². The number of likely N-dealkylation sites (N-methyl/N-ethyl adjacent to an activating group) is 1. The summed E-state index contributed by atoms with van der Waals surface area (Å²) in [5.74, 6) is -1.56. The maximum Gasteiger partial charge on any atom is 0.308 e. The summed E-state index contributed by atoms with van der Waals surface area (Å²) in [6.45, 7) is 1.80. The van der Waals surface area contributed by atoms with Gasteiger partial charge in [0.05, 0.1) is 12.3 Å². The van der Waals surface area contributed by atoms with Crippen LogP contribution in [-0.2, 0) is 16.0 Å². The number of carbonyl (C=O) groups excluding carboxylic acids is 1. The molecule has 92 valence electrons. The number of carboxylic acid groups (broad SMARTS) is 1. The number of aromatic nitrogens is 1. The second-order valence-electron chi connectivity index (χ2n) is 4.05. The zero-order valence-corrected chi connectivity index (χ0v) is 9.96. The van der Waals surface area contributed by atoms with Crippen LogP contribution in [0.3, 0.4) is 0 Å². The van der Waals surface area contributed by atoms with Gasteiger partial charge in [-0.2, -0.15) is 0 Å². The lowest BCUT2D eigenvalue weighted by atomic mass is 10.1. The first-order valence-electron chi connectivity index (χ1n) is 5.36. The molecule has 0 bridgehead atoms. The van der Waals surface area contributed by atoms with E-state index in [-0.39, 0.29) is 18.9 Å². The molecule has 5 heteroatoms. The Morgan fingerprint density at radius 2 is 2.24 bits per heavy atom. The average Bonchev–Trinajstić information content (AvgIpc) is 2.29. The number of hydrogen-bond acceptors (Lipinski definition) is 3. The molecule has 1 rings (SSSR count). The van der Waals surface area contributed by atoms with Gasteiger partial charge < -0.3 is 10.0 Å². The van der Waals surface area contributed by atoms with E-state index in [2.05, 4.69) is 4.98 Å². The molecule has 0 aliphatic heterocycles. The predicted molar refractivity (Wildman–Crippen MR) is 62.4 cm³/mol. The summed E-state index contributed by atoms with van der Waals surface area (Å²) in [5, 5.41) is 8.75. The lowest BCUT2D eigenvalue weighted by molar-refractivity contribution is -0.142. The fourth-order valence-electron chi connectivity index (χ4n) is 1.40. The van der Waals surface area contributed by atoms with E-state index < -0.39 is 11.9 Å². The number of nitrogens with zero attached hydrogens (tertiary/aromatic N) is 2. The van der Waals surface area contributed by atoms with Crippen molar-refractivity contribution in [3.05, 3.63) is 30.1 Å². The molecular weight excluding hydrogens is 220 g/mol. The Bertz CT molecular complexity index is 392. The second-order valence-corrected chi connectivity index (χ2v) is 4.05. The average molecular weight is 236 g/mol. The van der Waals surface area contributed by atoms with Gasteiger partial charge in [0.25, 0.3) is 0 Å². The minimum Gasteiger partial charge on any atom is -0.481 e. The number of aliphatic carboxylic acids is 1. The van der Waals surface area contributed by atoms with Crippen LogP contribution in [0.4, 0.5) is 0 Å². The largest absolute Gasteiger partial charge is 0.481 e. The number of rotatable bonds is 5. The molecule has 1 heterocycles. The summed E-state index contributed by atoms with van der Waals surface area (Å²) in [7, 11) is 1.61. The molecule has 0 spiro atoms. The van der Waals surface area contributed by atoms with Gasteiger partial charge >= 0.3 is 5.97 Å². The lowest BCUT2D eigenvalue weighted by Crippen LogP contribution is -2.34. The van der Waals surface area contributed by atoms with Crippen LogP contribution in [0.1, 0.15) is 12.5 Å². The Kier molecular flexibility index (Phi) is 4.63. The Labute approximate surface area is 100 Å². The zero-order valence-electron chi connectivity index (χ0n) is 9.96. The van der Waals surface area contributed by atoms with Crippen molar-refractivity contribution in [2.24, 2.45) is 5.92 Å².